The summed E-state index contributed by atoms with van der Waals surface area (Å²) in [5, 5.41) is 0.346. The molecular weight excluding hydrogens is 608 g/mol. The highest BCUT2D eigenvalue weighted by Gasteiger charge is 2.37. The number of sulfone groups is 1. The van der Waals surface area contributed by atoms with Crippen LogP contribution in [0.3, 0.4) is 0 Å². The van der Waals surface area contributed by atoms with Crippen LogP contribution in [0.5, 0.6) is 5.75 Å². The van der Waals surface area contributed by atoms with E-state index in [1.165, 1.54) is 11.1 Å². The van der Waals surface area contributed by atoms with Crippen LogP contribution in [0.15, 0.2) is 24.4 Å². The summed E-state index contributed by atoms with van der Waals surface area (Å²) in [6, 6.07) is 5.78. The first kappa shape index (κ1) is 32.2. The molecule has 2 amide bonds. The van der Waals surface area contributed by atoms with Crippen LogP contribution in [0.2, 0.25) is 5.02 Å². The maximum atomic E-state index is 13.9. The van der Waals surface area contributed by atoms with E-state index in [9.17, 15) is 18.0 Å². The number of aromatic nitrogens is 1. The summed E-state index contributed by atoms with van der Waals surface area (Å²) < 4.78 is 42.0. The Morgan fingerprint density at radius 3 is 2.18 bits per heavy atom. The average molecular weight is 649 g/mol. The lowest BCUT2D eigenvalue weighted by atomic mass is 9.89. The number of anilines is 3. The molecular formula is C31H41ClN4O7S. The van der Waals surface area contributed by atoms with Crippen molar-refractivity contribution in [1.29, 1.82) is 0 Å². The normalized spacial score (nSPS) is 18.9. The zero-order valence-corrected chi connectivity index (χ0v) is 27.8. The summed E-state index contributed by atoms with van der Waals surface area (Å²) in [5.74, 6) is 0.960. The van der Waals surface area contributed by atoms with Crippen molar-refractivity contribution in [2.75, 3.05) is 47.5 Å². The van der Waals surface area contributed by atoms with Crippen molar-refractivity contribution in [3.05, 3.63) is 40.5 Å². The fourth-order valence-corrected chi connectivity index (χ4v) is 7.16. The van der Waals surface area contributed by atoms with Crippen molar-refractivity contribution in [1.82, 2.24) is 9.88 Å². The number of fused-ring (bicyclic) bond motifs is 2. The molecule has 44 heavy (non-hydrogen) atoms. The molecule has 2 saturated heterocycles. The Bertz CT molecular complexity index is 1530. The van der Waals surface area contributed by atoms with Gasteiger partial charge in [0.2, 0.25) is 0 Å². The molecule has 13 heteroatoms. The van der Waals surface area contributed by atoms with Gasteiger partial charge in [-0.1, -0.05) is 17.7 Å². The number of halogens is 1. The minimum absolute atomic E-state index is 0.00733. The van der Waals surface area contributed by atoms with Crippen molar-refractivity contribution in [3.63, 3.8) is 0 Å². The number of piperidine rings is 1. The second-order valence-corrected chi connectivity index (χ2v) is 16.2. The number of rotatable bonds is 2. The van der Waals surface area contributed by atoms with E-state index in [1.54, 1.807) is 25.7 Å². The summed E-state index contributed by atoms with van der Waals surface area (Å²) in [6.45, 7) is 12.7. The average Bonchev–Trinajstić information content (AvgIpc) is 3.08. The predicted molar refractivity (Wildman–Crippen MR) is 169 cm³/mol. The Morgan fingerprint density at radius 2 is 1.57 bits per heavy atom. The van der Waals surface area contributed by atoms with Crippen molar-refractivity contribution in [2.45, 2.75) is 78.1 Å². The van der Waals surface area contributed by atoms with Gasteiger partial charge in [-0.3, -0.25) is 0 Å². The van der Waals surface area contributed by atoms with E-state index in [0.717, 1.165) is 18.4 Å². The van der Waals surface area contributed by atoms with Crippen molar-refractivity contribution < 1.29 is 32.2 Å². The number of nitrogens with zero attached hydrogens (tertiary/aromatic N) is 4. The van der Waals surface area contributed by atoms with Gasteiger partial charge in [-0.15, -0.1) is 0 Å². The van der Waals surface area contributed by atoms with E-state index in [4.69, 9.17) is 25.8 Å². The molecule has 1 aromatic heterocycles. The quantitative estimate of drug-likeness (QED) is 0.383. The SMILES string of the molecule is CC(C)(C)OC(=O)N1CCC(c2ccc3c(c2)N(C(=O)OC(C)(C)C)c2ncc(Cl)c(N4CCS(=O)(=O)CC4)c2CO3)CC1. The number of carbonyl (C=O) groups is 2. The minimum Gasteiger partial charge on any atom is -0.486 e. The maximum absolute atomic E-state index is 13.9. The molecule has 0 bridgehead atoms. The van der Waals surface area contributed by atoms with Gasteiger partial charge in [0.25, 0.3) is 0 Å². The van der Waals surface area contributed by atoms with Gasteiger partial charge in [-0.25, -0.2) is 27.9 Å². The van der Waals surface area contributed by atoms with Crippen LogP contribution in [-0.4, -0.2) is 79.4 Å². The third kappa shape index (κ3) is 7.17. The molecule has 0 unspecified atom stereocenters. The number of hydrogen-bond acceptors (Lipinski definition) is 9. The molecule has 0 spiro atoms. The van der Waals surface area contributed by atoms with Crippen LogP contribution in [0.4, 0.5) is 26.8 Å². The first-order valence-corrected chi connectivity index (χ1v) is 17.1. The molecule has 3 aliphatic rings. The van der Waals surface area contributed by atoms with E-state index in [-0.39, 0.29) is 43.2 Å². The summed E-state index contributed by atoms with van der Waals surface area (Å²) in [6.07, 6.45) is 2.02. The number of benzene rings is 1. The van der Waals surface area contributed by atoms with Crippen molar-refractivity contribution >= 4 is 50.8 Å². The lowest BCUT2D eigenvalue weighted by Crippen LogP contribution is -2.41. The molecule has 0 aliphatic carbocycles. The molecule has 4 heterocycles. The fraction of sp³-hybridized carbons (Fsp3) is 0.581. The molecule has 2 aromatic rings. The summed E-state index contributed by atoms with van der Waals surface area (Å²) in [7, 11) is -3.13. The third-order valence-corrected chi connectivity index (χ3v) is 9.63. The third-order valence-electron chi connectivity index (χ3n) is 7.74. The van der Waals surface area contributed by atoms with E-state index < -0.39 is 27.1 Å². The van der Waals surface area contributed by atoms with Gasteiger partial charge < -0.3 is 24.0 Å². The van der Waals surface area contributed by atoms with Gasteiger partial charge in [-0.2, -0.15) is 0 Å². The van der Waals surface area contributed by atoms with Gasteiger partial charge in [0.1, 0.15) is 23.6 Å². The first-order chi connectivity index (χ1) is 20.5. The van der Waals surface area contributed by atoms with E-state index in [1.807, 2.05) is 43.9 Å². The smallest absolute Gasteiger partial charge is 0.420 e. The van der Waals surface area contributed by atoms with Gasteiger partial charge >= 0.3 is 12.2 Å². The van der Waals surface area contributed by atoms with Gasteiger partial charge in [0, 0.05) is 26.2 Å². The lowest BCUT2D eigenvalue weighted by molar-refractivity contribution is 0.0204. The number of pyridine rings is 1. The topological polar surface area (TPSA) is 119 Å². The van der Waals surface area contributed by atoms with Crippen molar-refractivity contribution in [3.8, 4) is 5.75 Å². The van der Waals surface area contributed by atoms with E-state index >= 15 is 0 Å². The summed E-state index contributed by atoms with van der Waals surface area (Å²) in [5.41, 5.74) is 1.33. The van der Waals surface area contributed by atoms with Crippen LogP contribution in [0.25, 0.3) is 0 Å². The number of ether oxygens (including phenoxy) is 3. The Labute approximate surface area is 264 Å². The van der Waals surface area contributed by atoms with Crippen LogP contribution in [-0.2, 0) is 25.9 Å². The summed E-state index contributed by atoms with van der Waals surface area (Å²) >= 11 is 6.68. The molecule has 2 fully saturated rings. The Morgan fingerprint density at radius 1 is 0.955 bits per heavy atom. The van der Waals surface area contributed by atoms with Crippen LogP contribution < -0.4 is 14.5 Å². The Kier molecular flexibility index (Phi) is 8.71. The molecule has 0 radical (unpaired) electrons. The second kappa shape index (κ2) is 11.9. The number of likely N-dealkylation sites (tertiary alicyclic amines) is 1. The van der Waals surface area contributed by atoms with Crippen LogP contribution in [0, 0.1) is 0 Å². The fourth-order valence-electron chi connectivity index (χ4n) is 5.67. The Hall–Kier alpha value is -3.25. The number of amides is 2. The molecule has 11 nitrogen and oxygen atoms in total. The lowest BCUT2D eigenvalue weighted by Gasteiger charge is -2.34. The highest BCUT2D eigenvalue weighted by atomic mass is 35.5. The number of carbonyl (C=O) groups excluding carboxylic acids is 2. The first-order valence-electron chi connectivity index (χ1n) is 14.9. The van der Waals surface area contributed by atoms with Crippen LogP contribution in [0.1, 0.15) is 71.4 Å². The van der Waals surface area contributed by atoms with E-state index in [0.29, 0.717) is 46.6 Å². The molecule has 0 N–H and O–H groups in total. The zero-order chi connectivity index (χ0) is 32.0. The molecule has 0 atom stereocenters. The largest absolute Gasteiger partial charge is 0.486 e. The molecule has 5 rings (SSSR count). The maximum Gasteiger partial charge on any atom is 0.420 e. The van der Waals surface area contributed by atoms with Crippen LogP contribution >= 0.6 is 11.6 Å². The molecule has 1 aromatic carbocycles. The monoisotopic (exact) mass is 648 g/mol. The predicted octanol–water partition coefficient (Wildman–Crippen LogP) is 6.05. The molecule has 0 saturated carbocycles. The van der Waals surface area contributed by atoms with E-state index in [2.05, 4.69) is 4.98 Å². The standard InChI is InChI=1S/C31H41ClN4O7S/c1-30(2,3)42-28(37)35-11-9-20(10-12-35)21-7-8-25-24(17-21)36(29(38)43-31(4,5)6)27-22(19-41-25)26(23(32)18-33-27)34-13-15-44(39,40)16-14-34/h7-8,17-18,20H,9-16,19H2,1-6H3. The number of hydrogen-bond donors (Lipinski definition) is 0. The molecule has 240 valence electrons. The second-order valence-electron chi connectivity index (χ2n) is 13.5. The highest BCUT2D eigenvalue weighted by molar-refractivity contribution is 7.91. The van der Waals surface area contributed by atoms with Gasteiger partial charge in [0.15, 0.2) is 15.7 Å². The highest BCUT2D eigenvalue weighted by Crippen LogP contribution is 2.46. The summed E-state index contributed by atoms with van der Waals surface area (Å²) in [4.78, 5) is 36.2. The molecule has 3 aliphatic heterocycles. The van der Waals surface area contributed by atoms with Gasteiger partial charge in [0.05, 0.1) is 39.7 Å². The van der Waals surface area contributed by atoms with Crippen molar-refractivity contribution in [2.24, 2.45) is 0 Å². The zero-order valence-electron chi connectivity index (χ0n) is 26.2. The Balaban J connectivity index is 1.50. The van der Waals surface area contributed by atoms with Gasteiger partial charge in [-0.05, 0) is 78.0 Å². The minimum atomic E-state index is -3.13.